The molecule has 7 nitrogen and oxygen atoms in total. The maximum Gasteiger partial charge on any atom is 0.354 e. The van der Waals surface area contributed by atoms with Crippen molar-refractivity contribution in [2.75, 3.05) is 28.3 Å². The number of aromatic nitrogens is 2. The number of benzene rings is 1. The summed E-state index contributed by atoms with van der Waals surface area (Å²) in [6, 6.07) is 4.79. The van der Waals surface area contributed by atoms with E-state index in [-0.39, 0.29) is 5.82 Å². The van der Waals surface area contributed by atoms with Gasteiger partial charge in [-0.2, -0.15) is 4.98 Å². The topological polar surface area (TPSA) is 69.0 Å². The van der Waals surface area contributed by atoms with E-state index in [1.807, 2.05) is 0 Å². The fraction of sp³-hybridized carbons (Fsp3) is 0.267. The summed E-state index contributed by atoms with van der Waals surface area (Å²) in [5.41, 5.74) is -0.244. The Hall–Kier alpha value is -2.90. The number of hydrogen-bond donors (Lipinski definition) is 0. The largest absolute Gasteiger partial charge is 0.493 e. The molecule has 0 unspecified atom stereocenters. The zero-order valence-electron chi connectivity index (χ0n) is 13.3. The quantitative estimate of drug-likeness (QED) is 0.618. The Balaban J connectivity index is 2.49. The summed E-state index contributed by atoms with van der Waals surface area (Å²) in [6.45, 7) is 0. The normalized spacial score (nSPS) is 10.8. The summed E-state index contributed by atoms with van der Waals surface area (Å²) in [7, 11) is 6.43. The van der Waals surface area contributed by atoms with E-state index < -0.39 is 11.5 Å². The number of methoxy groups -OCH3 is 2. The molecule has 0 radical (unpaired) electrons. The lowest BCUT2D eigenvalue weighted by molar-refractivity contribution is 0.355. The van der Waals surface area contributed by atoms with E-state index in [9.17, 15) is 9.18 Å². The molecule has 0 saturated heterocycles. The Bertz CT molecular complexity index is 787. The molecular weight excluding hydrogens is 303 g/mol. The van der Waals surface area contributed by atoms with Crippen molar-refractivity contribution in [3.05, 3.63) is 40.7 Å². The molecular formula is C15H17FN4O3. The maximum atomic E-state index is 14.1. The summed E-state index contributed by atoms with van der Waals surface area (Å²) < 4.78 is 25.5. The van der Waals surface area contributed by atoms with Crippen LogP contribution in [0.3, 0.4) is 0 Å². The van der Waals surface area contributed by atoms with Crippen LogP contribution in [0.25, 0.3) is 5.69 Å². The molecule has 2 rings (SSSR count). The first-order valence-corrected chi connectivity index (χ1v) is 6.68. The van der Waals surface area contributed by atoms with Crippen LogP contribution in [0.4, 0.5) is 10.2 Å². The number of aliphatic imine (C=N–C) groups is 1. The monoisotopic (exact) mass is 320 g/mol. The molecule has 0 fully saturated rings. The van der Waals surface area contributed by atoms with Crippen LogP contribution in [-0.4, -0.2) is 49.1 Å². The smallest absolute Gasteiger partial charge is 0.354 e. The lowest BCUT2D eigenvalue weighted by Gasteiger charge is -2.11. The first-order valence-electron chi connectivity index (χ1n) is 6.68. The van der Waals surface area contributed by atoms with Gasteiger partial charge in [-0.3, -0.25) is 4.57 Å². The highest BCUT2D eigenvalue weighted by Gasteiger charge is 2.11. The van der Waals surface area contributed by atoms with Gasteiger partial charge in [0.1, 0.15) is 0 Å². The highest BCUT2D eigenvalue weighted by molar-refractivity contribution is 5.59. The lowest BCUT2D eigenvalue weighted by atomic mass is 10.2. The highest BCUT2D eigenvalue weighted by Crippen LogP contribution is 2.28. The van der Waals surface area contributed by atoms with E-state index in [0.29, 0.717) is 17.2 Å². The van der Waals surface area contributed by atoms with Crippen LogP contribution < -0.4 is 15.2 Å². The molecule has 1 aromatic carbocycles. The Morgan fingerprint density at radius 3 is 2.57 bits per heavy atom. The van der Waals surface area contributed by atoms with Crippen LogP contribution in [-0.2, 0) is 0 Å². The molecule has 2 aromatic rings. The van der Waals surface area contributed by atoms with Crippen LogP contribution in [0, 0.1) is 5.82 Å². The molecule has 0 bridgehead atoms. The van der Waals surface area contributed by atoms with Crippen LogP contribution in [0.2, 0.25) is 0 Å². The van der Waals surface area contributed by atoms with Crippen molar-refractivity contribution < 1.29 is 13.9 Å². The van der Waals surface area contributed by atoms with E-state index in [1.165, 1.54) is 20.6 Å². The van der Waals surface area contributed by atoms with Gasteiger partial charge in [-0.05, 0) is 12.1 Å². The van der Waals surface area contributed by atoms with E-state index in [1.54, 1.807) is 37.2 Å². The van der Waals surface area contributed by atoms with Crippen molar-refractivity contribution in [3.63, 3.8) is 0 Å². The van der Waals surface area contributed by atoms with Crippen LogP contribution >= 0.6 is 0 Å². The van der Waals surface area contributed by atoms with Gasteiger partial charge >= 0.3 is 5.69 Å². The predicted octanol–water partition coefficient (Wildman–Crippen LogP) is 1.61. The Morgan fingerprint density at radius 2 is 1.96 bits per heavy atom. The molecule has 1 aromatic heterocycles. The minimum Gasteiger partial charge on any atom is -0.493 e. The van der Waals surface area contributed by atoms with Gasteiger partial charge in [-0.15, -0.1) is 0 Å². The molecule has 0 aliphatic rings. The third-order valence-corrected chi connectivity index (χ3v) is 2.92. The number of rotatable bonds is 5. The van der Waals surface area contributed by atoms with Crippen LogP contribution in [0.5, 0.6) is 11.5 Å². The summed E-state index contributed by atoms with van der Waals surface area (Å²) in [5, 5.41) is 0. The van der Waals surface area contributed by atoms with Gasteiger partial charge in [-0.25, -0.2) is 14.2 Å². The van der Waals surface area contributed by atoms with Crippen molar-refractivity contribution in [3.8, 4) is 17.2 Å². The van der Waals surface area contributed by atoms with Gasteiger partial charge in [0.2, 0.25) is 0 Å². The molecule has 1 heterocycles. The standard InChI is InChI=1S/C15H17FN4O3/c1-19(2)9-17-14-11(16)8-20(15(21)18-14)10-5-6-12(22-3)13(7-10)23-4/h5-9H,1-4H3. The van der Waals surface area contributed by atoms with Gasteiger partial charge in [-0.1, -0.05) is 0 Å². The van der Waals surface area contributed by atoms with Gasteiger partial charge in [0.15, 0.2) is 23.1 Å². The van der Waals surface area contributed by atoms with Crippen molar-refractivity contribution in [1.82, 2.24) is 14.5 Å². The van der Waals surface area contributed by atoms with Crippen molar-refractivity contribution in [2.45, 2.75) is 0 Å². The molecule has 0 N–H and O–H groups in total. The third-order valence-electron chi connectivity index (χ3n) is 2.92. The summed E-state index contributed by atoms with van der Waals surface area (Å²) in [5.74, 6) is -0.0464. The molecule has 0 aliphatic heterocycles. The molecule has 0 aliphatic carbocycles. The van der Waals surface area contributed by atoms with Crippen LogP contribution in [0.1, 0.15) is 0 Å². The van der Waals surface area contributed by atoms with E-state index in [0.717, 1.165) is 10.8 Å². The average Bonchev–Trinajstić information content (AvgIpc) is 2.54. The van der Waals surface area contributed by atoms with Crippen molar-refractivity contribution in [2.24, 2.45) is 4.99 Å². The number of nitrogens with zero attached hydrogens (tertiary/aromatic N) is 4. The second-order valence-electron chi connectivity index (χ2n) is 4.81. The lowest BCUT2D eigenvalue weighted by Crippen LogP contribution is -2.21. The average molecular weight is 320 g/mol. The third kappa shape index (κ3) is 3.65. The van der Waals surface area contributed by atoms with Gasteiger partial charge in [0.25, 0.3) is 0 Å². The van der Waals surface area contributed by atoms with E-state index >= 15 is 0 Å². The zero-order valence-corrected chi connectivity index (χ0v) is 13.3. The molecule has 0 saturated carbocycles. The van der Waals surface area contributed by atoms with E-state index in [4.69, 9.17) is 9.47 Å². The summed E-state index contributed by atoms with van der Waals surface area (Å²) in [6.07, 6.45) is 2.41. The first kappa shape index (κ1) is 16.5. The van der Waals surface area contributed by atoms with Gasteiger partial charge in [0, 0.05) is 20.2 Å². The number of ether oxygens (including phenoxy) is 2. The molecule has 122 valence electrons. The molecule has 0 spiro atoms. The fourth-order valence-electron chi connectivity index (χ4n) is 1.84. The molecule has 8 heteroatoms. The Labute approximate surface area is 132 Å². The SMILES string of the molecule is COc1ccc(-n2cc(F)c(N=CN(C)C)nc2=O)cc1OC. The number of halogens is 1. The number of hydrogen-bond acceptors (Lipinski definition) is 5. The summed E-state index contributed by atoms with van der Waals surface area (Å²) >= 11 is 0. The molecule has 23 heavy (non-hydrogen) atoms. The Kier molecular flexibility index (Phi) is 4.95. The van der Waals surface area contributed by atoms with Crippen molar-refractivity contribution >= 4 is 12.2 Å². The predicted molar refractivity (Wildman–Crippen MR) is 84.7 cm³/mol. The highest BCUT2D eigenvalue weighted by atomic mass is 19.1. The second kappa shape index (κ2) is 6.91. The minimum absolute atomic E-state index is 0.263. The van der Waals surface area contributed by atoms with Gasteiger partial charge in [0.05, 0.1) is 32.4 Å². The minimum atomic E-state index is -0.711. The maximum absolute atomic E-state index is 14.1. The molecule has 0 atom stereocenters. The first-order chi connectivity index (χ1) is 11.0. The summed E-state index contributed by atoms with van der Waals surface area (Å²) in [4.78, 5) is 21.2. The van der Waals surface area contributed by atoms with Crippen LogP contribution in [0.15, 0.2) is 34.2 Å². The fourth-order valence-corrected chi connectivity index (χ4v) is 1.84. The van der Waals surface area contributed by atoms with E-state index in [2.05, 4.69) is 9.98 Å². The van der Waals surface area contributed by atoms with Gasteiger partial charge < -0.3 is 14.4 Å². The second-order valence-corrected chi connectivity index (χ2v) is 4.81. The zero-order chi connectivity index (χ0) is 17.0. The molecule has 0 amide bonds. The van der Waals surface area contributed by atoms with Crippen molar-refractivity contribution in [1.29, 1.82) is 0 Å². The Morgan fingerprint density at radius 1 is 1.26 bits per heavy atom.